The molecule has 2 aliphatic heterocycles. The van der Waals surface area contributed by atoms with Gasteiger partial charge in [0.1, 0.15) is 5.78 Å². The first-order valence-corrected chi connectivity index (χ1v) is 6.42. The summed E-state index contributed by atoms with van der Waals surface area (Å²) in [7, 11) is 0. The summed E-state index contributed by atoms with van der Waals surface area (Å²) in [6.07, 6.45) is 3.92. The van der Waals surface area contributed by atoms with E-state index in [1.54, 1.807) is 0 Å². The summed E-state index contributed by atoms with van der Waals surface area (Å²) < 4.78 is 5.29. The minimum Gasteiger partial charge on any atom is -0.379 e. The normalized spacial score (nSPS) is 27.1. The van der Waals surface area contributed by atoms with Crippen molar-refractivity contribution in [3.63, 3.8) is 0 Å². The maximum Gasteiger partial charge on any atom is 0.149 e. The van der Waals surface area contributed by atoms with Crippen LogP contribution in [0.15, 0.2) is 0 Å². The van der Waals surface area contributed by atoms with E-state index >= 15 is 0 Å². The maximum absolute atomic E-state index is 11.8. The van der Waals surface area contributed by atoms with Crippen molar-refractivity contribution < 1.29 is 9.53 Å². The molecule has 0 unspecified atom stereocenters. The zero-order valence-electron chi connectivity index (χ0n) is 9.91. The summed E-state index contributed by atoms with van der Waals surface area (Å²) in [5.74, 6) is 0.408. The first kappa shape index (κ1) is 12.0. The highest BCUT2D eigenvalue weighted by atomic mass is 16.5. The van der Waals surface area contributed by atoms with Crippen molar-refractivity contribution >= 4 is 5.78 Å². The van der Waals surface area contributed by atoms with Crippen LogP contribution < -0.4 is 5.32 Å². The molecule has 1 atom stereocenters. The number of carbonyl (C=O) groups excluding carboxylic acids is 1. The maximum atomic E-state index is 11.8. The molecule has 2 rings (SSSR count). The monoisotopic (exact) mass is 226 g/mol. The molecule has 16 heavy (non-hydrogen) atoms. The van der Waals surface area contributed by atoms with E-state index in [2.05, 4.69) is 10.2 Å². The molecule has 4 nitrogen and oxygen atoms in total. The van der Waals surface area contributed by atoms with Gasteiger partial charge >= 0.3 is 0 Å². The predicted molar refractivity (Wildman–Crippen MR) is 62.5 cm³/mol. The Morgan fingerprint density at radius 2 is 2.19 bits per heavy atom. The number of Topliss-reactive ketones (excluding diaryl/α,β-unsaturated/α-hetero) is 1. The van der Waals surface area contributed by atoms with Crippen molar-refractivity contribution in [3.8, 4) is 0 Å². The number of hydrogen-bond acceptors (Lipinski definition) is 4. The number of ketones is 1. The van der Waals surface area contributed by atoms with Crippen LogP contribution in [0.4, 0.5) is 0 Å². The summed E-state index contributed by atoms with van der Waals surface area (Å²) in [5.41, 5.74) is 0. The van der Waals surface area contributed by atoms with Gasteiger partial charge in [-0.3, -0.25) is 9.69 Å². The Hall–Kier alpha value is -0.450. The molecule has 2 fully saturated rings. The summed E-state index contributed by atoms with van der Waals surface area (Å²) in [6, 6.07) is 0.157. The minimum absolute atomic E-state index is 0.157. The Kier molecular flexibility index (Phi) is 4.75. The molecule has 2 aliphatic rings. The van der Waals surface area contributed by atoms with Gasteiger partial charge in [-0.25, -0.2) is 0 Å². The second kappa shape index (κ2) is 6.33. The van der Waals surface area contributed by atoms with E-state index < -0.39 is 0 Å². The molecule has 1 N–H and O–H groups in total. The van der Waals surface area contributed by atoms with Gasteiger partial charge in [0.15, 0.2) is 0 Å². The van der Waals surface area contributed by atoms with Gasteiger partial charge in [0.25, 0.3) is 0 Å². The van der Waals surface area contributed by atoms with Crippen LogP contribution >= 0.6 is 0 Å². The highest BCUT2D eigenvalue weighted by molar-refractivity contribution is 5.84. The first-order chi connectivity index (χ1) is 7.86. The van der Waals surface area contributed by atoms with Gasteiger partial charge in [-0.2, -0.15) is 0 Å². The Morgan fingerprint density at radius 1 is 1.38 bits per heavy atom. The molecule has 0 spiro atoms. The molecule has 0 aromatic rings. The van der Waals surface area contributed by atoms with Crippen LogP contribution in [0, 0.1) is 0 Å². The number of morpholine rings is 1. The summed E-state index contributed by atoms with van der Waals surface area (Å²) >= 11 is 0. The summed E-state index contributed by atoms with van der Waals surface area (Å²) in [6.45, 7) is 5.80. The molecular formula is C12H22N2O2. The Labute approximate surface area is 97.3 Å². The molecule has 0 aliphatic carbocycles. The molecule has 4 heteroatoms. The van der Waals surface area contributed by atoms with Crippen molar-refractivity contribution in [1.29, 1.82) is 0 Å². The van der Waals surface area contributed by atoms with Crippen molar-refractivity contribution in [1.82, 2.24) is 10.2 Å². The average molecular weight is 226 g/mol. The number of carbonyl (C=O) groups is 1. The van der Waals surface area contributed by atoms with Crippen LogP contribution in [0.1, 0.15) is 25.7 Å². The molecule has 0 bridgehead atoms. The topological polar surface area (TPSA) is 41.6 Å². The SMILES string of the molecule is O=C(CCCN1CCOCC1)[C@@H]1CCCN1. The predicted octanol–water partition coefficient (Wildman–Crippen LogP) is 0.420. The van der Waals surface area contributed by atoms with Gasteiger partial charge in [0.05, 0.1) is 19.3 Å². The lowest BCUT2D eigenvalue weighted by Crippen LogP contribution is -2.37. The lowest BCUT2D eigenvalue weighted by Gasteiger charge is -2.26. The van der Waals surface area contributed by atoms with Crippen molar-refractivity contribution in [3.05, 3.63) is 0 Å². The molecule has 2 saturated heterocycles. The van der Waals surface area contributed by atoms with E-state index in [0.29, 0.717) is 5.78 Å². The smallest absolute Gasteiger partial charge is 0.149 e. The Bertz CT molecular complexity index is 221. The van der Waals surface area contributed by atoms with Crippen LogP contribution in [0.5, 0.6) is 0 Å². The van der Waals surface area contributed by atoms with E-state index in [1.165, 1.54) is 0 Å². The molecule has 2 heterocycles. The number of rotatable bonds is 5. The average Bonchev–Trinajstić information content (AvgIpc) is 2.84. The van der Waals surface area contributed by atoms with Gasteiger partial charge in [-0.15, -0.1) is 0 Å². The highest BCUT2D eigenvalue weighted by Gasteiger charge is 2.21. The van der Waals surface area contributed by atoms with Gasteiger partial charge in [0.2, 0.25) is 0 Å². The number of ether oxygens (including phenoxy) is 1. The highest BCUT2D eigenvalue weighted by Crippen LogP contribution is 2.09. The number of nitrogens with zero attached hydrogens (tertiary/aromatic N) is 1. The number of nitrogens with one attached hydrogen (secondary N) is 1. The van der Waals surface area contributed by atoms with Crippen LogP contribution in [-0.4, -0.2) is 56.1 Å². The largest absolute Gasteiger partial charge is 0.379 e. The molecule has 0 aromatic heterocycles. The van der Waals surface area contributed by atoms with Crippen LogP contribution in [0.25, 0.3) is 0 Å². The second-order valence-corrected chi connectivity index (χ2v) is 4.67. The standard InChI is InChI=1S/C12H22N2O2/c15-12(11-3-1-5-13-11)4-2-6-14-7-9-16-10-8-14/h11,13H,1-10H2/t11-/m0/s1. The van der Waals surface area contributed by atoms with Crippen LogP contribution in [0.3, 0.4) is 0 Å². The lowest BCUT2D eigenvalue weighted by molar-refractivity contribution is -0.120. The van der Waals surface area contributed by atoms with E-state index in [9.17, 15) is 4.79 Å². The number of hydrogen-bond donors (Lipinski definition) is 1. The third-order valence-electron chi connectivity index (χ3n) is 3.45. The fourth-order valence-electron chi connectivity index (χ4n) is 2.44. The minimum atomic E-state index is 0.157. The fourth-order valence-corrected chi connectivity index (χ4v) is 2.44. The molecule has 0 saturated carbocycles. The van der Waals surface area contributed by atoms with Crippen molar-refractivity contribution in [2.45, 2.75) is 31.7 Å². The van der Waals surface area contributed by atoms with Crippen molar-refractivity contribution in [2.24, 2.45) is 0 Å². The Balaban J connectivity index is 1.57. The van der Waals surface area contributed by atoms with Crippen LogP contribution in [0.2, 0.25) is 0 Å². The van der Waals surface area contributed by atoms with Gasteiger partial charge in [-0.05, 0) is 32.4 Å². The summed E-state index contributed by atoms with van der Waals surface area (Å²) in [5, 5.41) is 3.26. The zero-order valence-corrected chi connectivity index (χ0v) is 9.91. The second-order valence-electron chi connectivity index (χ2n) is 4.67. The molecular weight excluding hydrogens is 204 g/mol. The van der Waals surface area contributed by atoms with E-state index in [-0.39, 0.29) is 6.04 Å². The van der Waals surface area contributed by atoms with Crippen molar-refractivity contribution in [2.75, 3.05) is 39.4 Å². The van der Waals surface area contributed by atoms with Gasteiger partial charge in [0, 0.05) is 19.5 Å². The van der Waals surface area contributed by atoms with Gasteiger partial charge in [-0.1, -0.05) is 0 Å². The first-order valence-electron chi connectivity index (χ1n) is 6.42. The Morgan fingerprint density at radius 3 is 2.88 bits per heavy atom. The molecule has 0 amide bonds. The molecule has 0 aromatic carbocycles. The zero-order chi connectivity index (χ0) is 11.2. The molecule has 0 radical (unpaired) electrons. The van der Waals surface area contributed by atoms with E-state index in [1.807, 2.05) is 0 Å². The third-order valence-corrected chi connectivity index (χ3v) is 3.45. The van der Waals surface area contributed by atoms with Crippen LogP contribution in [-0.2, 0) is 9.53 Å². The van der Waals surface area contributed by atoms with Gasteiger partial charge < -0.3 is 10.1 Å². The summed E-state index contributed by atoms with van der Waals surface area (Å²) in [4.78, 5) is 14.2. The quantitative estimate of drug-likeness (QED) is 0.737. The van der Waals surface area contributed by atoms with E-state index in [0.717, 1.165) is 65.1 Å². The third kappa shape index (κ3) is 3.54. The fraction of sp³-hybridized carbons (Fsp3) is 0.917. The van der Waals surface area contributed by atoms with E-state index in [4.69, 9.17) is 4.74 Å². The lowest BCUT2D eigenvalue weighted by atomic mass is 10.1. The molecule has 92 valence electrons.